The Morgan fingerprint density at radius 3 is 2.54 bits per heavy atom. The lowest BCUT2D eigenvalue weighted by Gasteiger charge is -2.23. The Balaban J connectivity index is 1.88. The second kappa shape index (κ2) is 9.42. The Labute approximate surface area is 145 Å². The summed E-state index contributed by atoms with van der Waals surface area (Å²) in [6, 6.07) is 10.2. The molecule has 0 radical (unpaired) electrons. The van der Waals surface area contributed by atoms with Gasteiger partial charge in [-0.1, -0.05) is 43.7 Å². The predicted molar refractivity (Wildman–Crippen MR) is 95.5 cm³/mol. The van der Waals surface area contributed by atoms with Crippen LogP contribution in [0.1, 0.15) is 44.7 Å². The molecule has 1 aliphatic heterocycles. The molecule has 0 unspecified atom stereocenters. The van der Waals surface area contributed by atoms with Gasteiger partial charge in [0.15, 0.2) is 0 Å². The minimum absolute atomic E-state index is 0.0635. The van der Waals surface area contributed by atoms with E-state index in [1.807, 2.05) is 23.1 Å². The topological polar surface area (TPSA) is 52.7 Å². The molecule has 0 aliphatic carbocycles. The van der Waals surface area contributed by atoms with Crippen molar-refractivity contribution in [3.8, 4) is 0 Å². The van der Waals surface area contributed by atoms with Crippen molar-refractivity contribution >= 4 is 11.8 Å². The third-order valence-electron chi connectivity index (χ3n) is 4.52. The second-order valence-electron chi connectivity index (χ2n) is 6.46. The largest absolute Gasteiger partial charge is 0.348 e. The Bertz CT molecular complexity index is 533. The summed E-state index contributed by atoms with van der Waals surface area (Å²) in [6.07, 6.45) is 2.88. The number of hydrogen-bond donors (Lipinski definition) is 1. The van der Waals surface area contributed by atoms with Crippen molar-refractivity contribution in [1.29, 1.82) is 0 Å². The van der Waals surface area contributed by atoms with Crippen molar-refractivity contribution in [1.82, 2.24) is 15.1 Å². The van der Waals surface area contributed by atoms with Gasteiger partial charge in [-0.3, -0.25) is 14.5 Å². The van der Waals surface area contributed by atoms with Gasteiger partial charge in [0, 0.05) is 33.1 Å². The number of hydrogen-bond acceptors (Lipinski definition) is 3. The summed E-state index contributed by atoms with van der Waals surface area (Å²) in [7, 11) is 0. The van der Waals surface area contributed by atoms with Crippen molar-refractivity contribution in [2.45, 2.75) is 39.2 Å². The molecule has 132 valence electrons. The molecule has 0 bridgehead atoms. The third kappa shape index (κ3) is 5.64. The van der Waals surface area contributed by atoms with Crippen molar-refractivity contribution in [2.75, 3.05) is 32.7 Å². The van der Waals surface area contributed by atoms with Gasteiger partial charge >= 0.3 is 0 Å². The highest BCUT2D eigenvalue weighted by atomic mass is 16.2. The lowest BCUT2D eigenvalue weighted by atomic mass is 10.0. The van der Waals surface area contributed by atoms with Crippen molar-refractivity contribution in [2.24, 2.45) is 0 Å². The zero-order valence-corrected chi connectivity index (χ0v) is 14.8. The SMILES string of the molecule is CCC[C@H](NC(=O)CN1CCCN(C(C)=O)CC1)c1ccccc1. The van der Waals surface area contributed by atoms with Crippen LogP contribution in [0.15, 0.2) is 30.3 Å². The van der Waals surface area contributed by atoms with Crippen LogP contribution in [0.3, 0.4) is 0 Å². The highest BCUT2D eigenvalue weighted by Crippen LogP contribution is 2.18. The standard InChI is InChI=1S/C19H29N3O2/c1-3-8-18(17-9-5-4-6-10-17)20-19(24)15-21-11-7-12-22(14-13-21)16(2)23/h4-6,9-10,18H,3,7-8,11-15H2,1-2H3,(H,20,24)/t18-/m0/s1. The van der Waals surface area contributed by atoms with Crippen LogP contribution in [0.25, 0.3) is 0 Å². The van der Waals surface area contributed by atoms with Gasteiger partial charge in [-0.05, 0) is 18.4 Å². The Kier molecular flexibility index (Phi) is 7.25. The van der Waals surface area contributed by atoms with Crippen LogP contribution in [-0.4, -0.2) is 54.3 Å². The van der Waals surface area contributed by atoms with E-state index in [1.54, 1.807) is 6.92 Å². The zero-order chi connectivity index (χ0) is 17.4. The van der Waals surface area contributed by atoms with Gasteiger partial charge in [0.05, 0.1) is 12.6 Å². The summed E-state index contributed by atoms with van der Waals surface area (Å²) in [5, 5.41) is 3.17. The maximum atomic E-state index is 12.5. The summed E-state index contributed by atoms with van der Waals surface area (Å²) in [6.45, 7) is 7.26. The number of rotatable bonds is 6. The van der Waals surface area contributed by atoms with E-state index in [-0.39, 0.29) is 17.9 Å². The van der Waals surface area contributed by atoms with Gasteiger partial charge in [0.2, 0.25) is 11.8 Å². The molecule has 1 heterocycles. The molecule has 24 heavy (non-hydrogen) atoms. The summed E-state index contributed by atoms with van der Waals surface area (Å²) in [4.78, 5) is 28.0. The van der Waals surface area contributed by atoms with Crippen LogP contribution in [-0.2, 0) is 9.59 Å². The van der Waals surface area contributed by atoms with Crippen LogP contribution in [0.2, 0.25) is 0 Å². The molecule has 2 rings (SSSR count). The summed E-state index contributed by atoms with van der Waals surface area (Å²) in [5.41, 5.74) is 1.16. The van der Waals surface area contributed by atoms with E-state index in [9.17, 15) is 9.59 Å². The Morgan fingerprint density at radius 2 is 1.88 bits per heavy atom. The first-order chi connectivity index (χ1) is 11.6. The molecule has 0 saturated carbocycles. The fourth-order valence-electron chi connectivity index (χ4n) is 3.18. The van der Waals surface area contributed by atoms with E-state index >= 15 is 0 Å². The summed E-state index contributed by atoms with van der Waals surface area (Å²) >= 11 is 0. The number of carbonyl (C=O) groups excluding carboxylic acids is 2. The van der Waals surface area contributed by atoms with Gasteiger partial charge in [-0.2, -0.15) is 0 Å². The normalized spacial score (nSPS) is 17.2. The first-order valence-corrected chi connectivity index (χ1v) is 8.92. The number of benzene rings is 1. The average Bonchev–Trinajstić information content (AvgIpc) is 2.81. The van der Waals surface area contributed by atoms with Crippen LogP contribution in [0.4, 0.5) is 0 Å². The van der Waals surface area contributed by atoms with E-state index in [1.165, 1.54) is 0 Å². The van der Waals surface area contributed by atoms with E-state index in [0.29, 0.717) is 13.1 Å². The molecule has 5 heteroatoms. The fraction of sp³-hybridized carbons (Fsp3) is 0.579. The zero-order valence-electron chi connectivity index (χ0n) is 14.8. The van der Waals surface area contributed by atoms with Crippen LogP contribution in [0.5, 0.6) is 0 Å². The van der Waals surface area contributed by atoms with Crippen molar-refractivity contribution in [3.63, 3.8) is 0 Å². The fourth-order valence-corrected chi connectivity index (χ4v) is 3.18. The minimum atomic E-state index is 0.0635. The first-order valence-electron chi connectivity index (χ1n) is 8.92. The van der Waals surface area contributed by atoms with Gasteiger partial charge in [-0.25, -0.2) is 0 Å². The molecule has 1 atom stereocenters. The number of amides is 2. The van der Waals surface area contributed by atoms with Gasteiger partial charge in [0.25, 0.3) is 0 Å². The van der Waals surface area contributed by atoms with Crippen LogP contribution >= 0.6 is 0 Å². The molecule has 1 aromatic carbocycles. The van der Waals surface area contributed by atoms with Crippen molar-refractivity contribution < 1.29 is 9.59 Å². The van der Waals surface area contributed by atoms with E-state index in [2.05, 4.69) is 29.3 Å². The monoisotopic (exact) mass is 331 g/mol. The molecule has 2 amide bonds. The maximum absolute atomic E-state index is 12.5. The van der Waals surface area contributed by atoms with Gasteiger partial charge in [-0.15, -0.1) is 0 Å². The number of nitrogens with zero attached hydrogens (tertiary/aromatic N) is 2. The molecule has 1 aromatic rings. The second-order valence-corrected chi connectivity index (χ2v) is 6.46. The quantitative estimate of drug-likeness (QED) is 0.869. The first kappa shape index (κ1) is 18.5. The average molecular weight is 331 g/mol. The lowest BCUT2D eigenvalue weighted by Crippen LogP contribution is -2.40. The molecule has 0 spiro atoms. The van der Waals surface area contributed by atoms with Gasteiger partial charge < -0.3 is 10.2 Å². The summed E-state index contributed by atoms with van der Waals surface area (Å²) < 4.78 is 0. The molecule has 0 aromatic heterocycles. The molecular formula is C19H29N3O2. The highest BCUT2D eigenvalue weighted by molar-refractivity contribution is 5.78. The number of carbonyl (C=O) groups is 2. The minimum Gasteiger partial charge on any atom is -0.348 e. The van der Waals surface area contributed by atoms with E-state index < -0.39 is 0 Å². The van der Waals surface area contributed by atoms with Crippen LogP contribution in [0, 0.1) is 0 Å². The third-order valence-corrected chi connectivity index (χ3v) is 4.52. The van der Waals surface area contributed by atoms with Gasteiger partial charge in [0.1, 0.15) is 0 Å². The lowest BCUT2D eigenvalue weighted by molar-refractivity contribution is -0.128. The molecule has 5 nitrogen and oxygen atoms in total. The smallest absolute Gasteiger partial charge is 0.234 e. The molecule has 1 N–H and O–H groups in total. The highest BCUT2D eigenvalue weighted by Gasteiger charge is 2.20. The van der Waals surface area contributed by atoms with Crippen molar-refractivity contribution in [3.05, 3.63) is 35.9 Å². The molecule has 1 aliphatic rings. The summed E-state index contributed by atoms with van der Waals surface area (Å²) in [5.74, 6) is 0.182. The van der Waals surface area contributed by atoms with E-state index in [0.717, 1.165) is 44.5 Å². The van der Waals surface area contributed by atoms with Crippen LogP contribution < -0.4 is 5.32 Å². The number of nitrogens with one attached hydrogen (secondary N) is 1. The predicted octanol–water partition coefficient (Wildman–Crippen LogP) is 2.20. The molecular weight excluding hydrogens is 302 g/mol. The maximum Gasteiger partial charge on any atom is 0.234 e. The molecule has 1 saturated heterocycles. The van der Waals surface area contributed by atoms with E-state index in [4.69, 9.17) is 0 Å². The molecule has 1 fully saturated rings. The Hall–Kier alpha value is -1.88. The Morgan fingerprint density at radius 1 is 1.12 bits per heavy atom.